The minimum Gasteiger partial charge on any atom is -0.507 e. The molecule has 0 aromatic rings. The van der Waals surface area contributed by atoms with Crippen LogP contribution < -0.4 is 0 Å². The Morgan fingerprint density at radius 2 is 1.80 bits per heavy atom. The number of allylic oxidation sites excluding steroid dienone is 1. The predicted octanol–water partition coefficient (Wildman–Crippen LogP) is 3.04. The molecule has 1 saturated carbocycles. The van der Waals surface area contributed by atoms with E-state index in [1.165, 1.54) is 0 Å². The van der Waals surface area contributed by atoms with E-state index in [2.05, 4.69) is 13.8 Å². The molecule has 0 radical (unpaired) electrons. The summed E-state index contributed by atoms with van der Waals surface area (Å²) in [5.41, 5.74) is -0.397. The zero-order chi connectivity index (χ0) is 18.3. The third kappa shape index (κ3) is 1.81. The van der Waals surface area contributed by atoms with E-state index >= 15 is 0 Å². The van der Waals surface area contributed by atoms with E-state index in [-0.39, 0.29) is 40.1 Å². The van der Waals surface area contributed by atoms with Gasteiger partial charge in [0.1, 0.15) is 17.3 Å². The number of hydrogen-bond acceptors (Lipinski definition) is 5. The van der Waals surface area contributed by atoms with Gasteiger partial charge in [0, 0.05) is 16.7 Å². The lowest BCUT2D eigenvalue weighted by Crippen LogP contribution is -2.62. The van der Waals surface area contributed by atoms with Crippen LogP contribution in [0.2, 0.25) is 0 Å². The van der Waals surface area contributed by atoms with Gasteiger partial charge in [0.05, 0.1) is 0 Å². The minimum atomic E-state index is -1.07. The van der Waals surface area contributed by atoms with E-state index in [1.54, 1.807) is 13.8 Å². The normalized spacial score (nSPS) is 36.6. The molecule has 3 atom stereocenters. The first-order valence-electron chi connectivity index (χ1n) is 9.11. The number of carbonyl (C=O) groups is 3. The first kappa shape index (κ1) is 16.6. The molecule has 25 heavy (non-hydrogen) atoms. The maximum absolute atomic E-state index is 13.1. The van der Waals surface area contributed by atoms with E-state index in [0.717, 1.165) is 12.8 Å². The highest BCUT2D eigenvalue weighted by Gasteiger charge is 2.67. The van der Waals surface area contributed by atoms with Crippen LogP contribution >= 0.6 is 0 Å². The van der Waals surface area contributed by atoms with Crippen molar-refractivity contribution in [1.29, 1.82) is 0 Å². The number of rotatable bonds is 1. The third-order valence-electron chi connectivity index (χ3n) is 6.80. The summed E-state index contributed by atoms with van der Waals surface area (Å²) in [7, 11) is 0. The smallest absolute Gasteiger partial charge is 0.317 e. The van der Waals surface area contributed by atoms with Crippen molar-refractivity contribution in [1.82, 2.24) is 0 Å². The van der Waals surface area contributed by atoms with Gasteiger partial charge < -0.3 is 9.84 Å². The van der Waals surface area contributed by atoms with Crippen LogP contribution in [0.3, 0.4) is 0 Å². The highest BCUT2D eigenvalue weighted by atomic mass is 16.5. The van der Waals surface area contributed by atoms with Crippen molar-refractivity contribution >= 4 is 17.5 Å². The Balaban J connectivity index is 2.02. The van der Waals surface area contributed by atoms with Crippen molar-refractivity contribution in [3.8, 4) is 0 Å². The number of ether oxygens (including phenoxy) is 1. The van der Waals surface area contributed by atoms with Crippen LogP contribution in [-0.4, -0.2) is 28.7 Å². The van der Waals surface area contributed by atoms with Crippen molar-refractivity contribution in [3.05, 3.63) is 22.5 Å². The second kappa shape index (κ2) is 4.83. The number of ketones is 2. The highest BCUT2D eigenvalue weighted by Crippen LogP contribution is 2.64. The quantitative estimate of drug-likeness (QED) is 0.449. The summed E-state index contributed by atoms with van der Waals surface area (Å²) in [6.45, 7) is 7.80. The molecule has 0 aromatic heterocycles. The molecule has 5 aliphatic rings. The van der Waals surface area contributed by atoms with Gasteiger partial charge in [-0.25, -0.2) is 0 Å². The number of fused-ring (bicyclic) bond motifs is 1. The van der Waals surface area contributed by atoms with Gasteiger partial charge in [0.15, 0.2) is 0 Å². The van der Waals surface area contributed by atoms with Crippen LogP contribution in [0.15, 0.2) is 22.5 Å². The van der Waals surface area contributed by atoms with Crippen LogP contribution in [0.5, 0.6) is 0 Å². The summed E-state index contributed by atoms with van der Waals surface area (Å²) in [5, 5.41) is 10.8. The van der Waals surface area contributed by atoms with Crippen molar-refractivity contribution in [2.24, 2.45) is 22.7 Å². The van der Waals surface area contributed by atoms with Gasteiger partial charge in [-0.05, 0) is 36.5 Å². The first-order chi connectivity index (χ1) is 11.6. The zero-order valence-electron chi connectivity index (χ0n) is 15.1. The Hall–Kier alpha value is -1.91. The molecule has 2 heterocycles. The Bertz CT molecular complexity index is 782. The number of Topliss-reactive ketones (excluding diaryl/α,β-unsaturated/α-hetero) is 2. The standard InChI is InChI=1S/C20H24O5/c1-9(2)12-15(21)13-10-8-11-19(3,4)6-5-7-20(11,18(24)25-10)14(13)17(23)16(12)22/h9-11,21H,5-8H2,1-4H3/t10-,11-,20+/m0/s1. The lowest BCUT2D eigenvalue weighted by atomic mass is 9.46. The molecular weight excluding hydrogens is 320 g/mol. The maximum atomic E-state index is 13.1. The van der Waals surface area contributed by atoms with Crippen molar-refractivity contribution in [2.45, 2.75) is 59.5 Å². The van der Waals surface area contributed by atoms with Crippen LogP contribution in [0.4, 0.5) is 0 Å². The lowest BCUT2D eigenvalue weighted by molar-refractivity contribution is -0.189. The zero-order valence-corrected chi connectivity index (χ0v) is 15.1. The fourth-order valence-corrected chi connectivity index (χ4v) is 5.70. The second-order valence-electron chi connectivity index (χ2n) is 8.86. The molecule has 0 amide bonds. The number of carbonyl (C=O) groups excluding carboxylic acids is 3. The molecule has 1 N–H and O–H groups in total. The average Bonchev–Trinajstić information content (AvgIpc) is 2.51. The largest absolute Gasteiger partial charge is 0.507 e. The molecule has 2 aliphatic heterocycles. The van der Waals surface area contributed by atoms with Crippen LogP contribution in [-0.2, 0) is 19.1 Å². The molecule has 5 nitrogen and oxygen atoms in total. The molecule has 5 rings (SSSR count). The van der Waals surface area contributed by atoms with Gasteiger partial charge in [0.25, 0.3) is 0 Å². The summed E-state index contributed by atoms with van der Waals surface area (Å²) >= 11 is 0. The number of aliphatic hydroxyl groups is 1. The van der Waals surface area contributed by atoms with Gasteiger partial charge >= 0.3 is 5.97 Å². The van der Waals surface area contributed by atoms with Crippen molar-refractivity contribution in [3.63, 3.8) is 0 Å². The van der Waals surface area contributed by atoms with E-state index in [1.807, 2.05) is 0 Å². The molecule has 5 heteroatoms. The van der Waals surface area contributed by atoms with Crippen molar-refractivity contribution < 1.29 is 24.2 Å². The molecule has 2 fully saturated rings. The topological polar surface area (TPSA) is 80.7 Å². The monoisotopic (exact) mass is 344 g/mol. The summed E-state index contributed by atoms with van der Waals surface area (Å²) in [6.07, 6.45) is 2.26. The van der Waals surface area contributed by atoms with Gasteiger partial charge in [-0.15, -0.1) is 0 Å². The Morgan fingerprint density at radius 3 is 2.44 bits per heavy atom. The van der Waals surface area contributed by atoms with Crippen LogP contribution in [0.25, 0.3) is 0 Å². The number of aliphatic hydroxyl groups excluding tert-OH is 1. The lowest BCUT2D eigenvalue weighted by Gasteiger charge is -2.59. The van der Waals surface area contributed by atoms with Crippen LogP contribution in [0.1, 0.15) is 53.4 Å². The summed E-state index contributed by atoms with van der Waals surface area (Å²) < 4.78 is 5.64. The second-order valence-corrected chi connectivity index (χ2v) is 8.86. The van der Waals surface area contributed by atoms with E-state index < -0.39 is 23.1 Å². The third-order valence-corrected chi connectivity index (χ3v) is 6.80. The molecule has 1 saturated heterocycles. The van der Waals surface area contributed by atoms with E-state index in [9.17, 15) is 19.5 Å². The highest BCUT2D eigenvalue weighted by molar-refractivity contribution is 6.51. The minimum absolute atomic E-state index is 0.0381. The fourth-order valence-electron chi connectivity index (χ4n) is 5.70. The van der Waals surface area contributed by atoms with Gasteiger partial charge in [0.2, 0.25) is 11.6 Å². The fraction of sp³-hybridized carbons (Fsp3) is 0.650. The van der Waals surface area contributed by atoms with Crippen LogP contribution in [0, 0.1) is 22.7 Å². The van der Waals surface area contributed by atoms with Gasteiger partial charge in [-0.1, -0.05) is 34.1 Å². The Morgan fingerprint density at radius 1 is 1.12 bits per heavy atom. The summed E-state index contributed by atoms with van der Waals surface area (Å²) in [5.74, 6) is -2.10. The molecule has 1 spiro atoms. The predicted molar refractivity (Wildman–Crippen MR) is 89.6 cm³/mol. The summed E-state index contributed by atoms with van der Waals surface area (Å²) in [4.78, 5) is 38.7. The van der Waals surface area contributed by atoms with Gasteiger partial charge in [-0.3, -0.25) is 14.4 Å². The number of hydrogen-bond donors (Lipinski definition) is 1. The van der Waals surface area contributed by atoms with E-state index in [4.69, 9.17) is 4.74 Å². The van der Waals surface area contributed by atoms with Gasteiger partial charge in [-0.2, -0.15) is 0 Å². The first-order valence-corrected chi connectivity index (χ1v) is 9.11. The molecule has 3 aliphatic carbocycles. The molecule has 0 unspecified atom stereocenters. The molecule has 0 aromatic carbocycles. The molecular formula is C20H24O5. The SMILES string of the molecule is CC(C)C1=C(O)C2=C(C(=O)C1=O)[C@@]13CCCC(C)(C)[C@@H]1C[C@@H]2OC3=O. The average molecular weight is 344 g/mol. The van der Waals surface area contributed by atoms with E-state index in [0.29, 0.717) is 18.4 Å². The summed E-state index contributed by atoms with van der Waals surface area (Å²) in [6, 6.07) is 0. The Labute approximate surface area is 147 Å². The molecule has 2 bridgehead atoms. The Kier molecular flexibility index (Phi) is 3.20. The molecule has 134 valence electrons. The maximum Gasteiger partial charge on any atom is 0.317 e. The van der Waals surface area contributed by atoms with Crippen molar-refractivity contribution in [2.75, 3.05) is 0 Å². The number of esters is 1.